The number of nitrogens with one attached hydrogen (secondary N) is 1. The van der Waals surface area contributed by atoms with Crippen molar-refractivity contribution in [1.29, 1.82) is 0 Å². The van der Waals surface area contributed by atoms with Crippen molar-refractivity contribution in [2.24, 2.45) is 0 Å². The highest BCUT2D eigenvalue weighted by atomic mass is 32.2. The molecule has 23 heavy (non-hydrogen) atoms. The number of hydrogen-bond acceptors (Lipinski definition) is 4. The van der Waals surface area contributed by atoms with Crippen LogP contribution >= 0.6 is 11.8 Å². The quantitative estimate of drug-likeness (QED) is 0.743. The van der Waals surface area contributed by atoms with Crippen molar-refractivity contribution < 1.29 is 9.21 Å². The lowest BCUT2D eigenvalue weighted by atomic mass is 10.2. The van der Waals surface area contributed by atoms with Crippen molar-refractivity contribution in [3.05, 3.63) is 40.6 Å². The molecular formula is C17H25N3O2S. The SMILES string of the molecule is CCCCSCc1cc(C(=O)N(C)Cc2cn[nH]c2C)oc1C. The summed E-state index contributed by atoms with van der Waals surface area (Å²) in [6.45, 7) is 6.58. The van der Waals surface area contributed by atoms with E-state index in [0.717, 1.165) is 34.1 Å². The van der Waals surface area contributed by atoms with E-state index in [0.29, 0.717) is 12.3 Å². The Hall–Kier alpha value is -1.69. The van der Waals surface area contributed by atoms with E-state index in [4.69, 9.17) is 4.42 Å². The zero-order valence-corrected chi connectivity index (χ0v) is 15.1. The molecule has 1 amide bonds. The van der Waals surface area contributed by atoms with E-state index in [9.17, 15) is 4.79 Å². The van der Waals surface area contributed by atoms with Gasteiger partial charge < -0.3 is 9.32 Å². The Morgan fingerprint density at radius 2 is 2.17 bits per heavy atom. The van der Waals surface area contributed by atoms with Crippen molar-refractivity contribution in [3.63, 3.8) is 0 Å². The smallest absolute Gasteiger partial charge is 0.289 e. The molecule has 0 aliphatic carbocycles. The number of aromatic amines is 1. The molecule has 0 aromatic carbocycles. The Balaban J connectivity index is 1.97. The summed E-state index contributed by atoms with van der Waals surface area (Å²) in [5, 5.41) is 6.87. The third kappa shape index (κ3) is 4.64. The number of amides is 1. The largest absolute Gasteiger partial charge is 0.456 e. The van der Waals surface area contributed by atoms with Crippen LogP contribution in [0, 0.1) is 13.8 Å². The standard InChI is InChI=1S/C17H25N3O2S/c1-5-6-7-23-11-14-8-16(22-13(14)3)17(21)20(4)10-15-9-18-19-12(15)2/h8-9H,5-7,10-11H2,1-4H3,(H,18,19). The van der Waals surface area contributed by atoms with Crippen molar-refractivity contribution in [2.75, 3.05) is 12.8 Å². The van der Waals surface area contributed by atoms with Gasteiger partial charge in [0, 0.05) is 36.2 Å². The van der Waals surface area contributed by atoms with Gasteiger partial charge in [-0.2, -0.15) is 16.9 Å². The molecule has 1 N–H and O–H groups in total. The maximum atomic E-state index is 12.5. The number of aryl methyl sites for hydroxylation is 2. The second-order valence-electron chi connectivity index (χ2n) is 5.78. The minimum atomic E-state index is -0.0986. The van der Waals surface area contributed by atoms with Crippen molar-refractivity contribution in [3.8, 4) is 0 Å². The fraction of sp³-hybridized carbons (Fsp3) is 0.529. The monoisotopic (exact) mass is 335 g/mol. The topological polar surface area (TPSA) is 62.1 Å². The fourth-order valence-corrected chi connectivity index (χ4v) is 3.39. The molecule has 2 rings (SSSR count). The molecule has 0 saturated heterocycles. The minimum absolute atomic E-state index is 0.0986. The molecule has 0 fully saturated rings. The number of H-pyrrole nitrogens is 1. The number of carbonyl (C=O) groups excluding carboxylic acids is 1. The number of aromatic nitrogens is 2. The average Bonchev–Trinajstić information content (AvgIpc) is 3.09. The summed E-state index contributed by atoms with van der Waals surface area (Å²) in [5.74, 6) is 3.19. The van der Waals surface area contributed by atoms with Gasteiger partial charge in [-0.05, 0) is 32.1 Å². The normalized spacial score (nSPS) is 11.0. The molecule has 2 aromatic rings. The van der Waals surface area contributed by atoms with Crippen LogP contribution in [0.15, 0.2) is 16.7 Å². The van der Waals surface area contributed by atoms with Crippen LogP contribution in [0.3, 0.4) is 0 Å². The van der Waals surface area contributed by atoms with E-state index < -0.39 is 0 Å². The van der Waals surface area contributed by atoms with Gasteiger partial charge in [-0.15, -0.1) is 0 Å². The predicted octanol–water partition coefficient (Wildman–Crippen LogP) is 3.93. The predicted molar refractivity (Wildman–Crippen MR) is 93.6 cm³/mol. The Kier molecular flexibility index (Phi) is 6.33. The highest BCUT2D eigenvalue weighted by Gasteiger charge is 2.19. The Morgan fingerprint density at radius 3 is 2.83 bits per heavy atom. The van der Waals surface area contributed by atoms with E-state index in [1.165, 1.54) is 12.8 Å². The number of rotatable bonds is 8. The van der Waals surface area contributed by atoms with Gasteiger partial charge in [0.05, 0.1) is 6.20 Å². The van der Waals surface area contributed by atoms with Gasteiger partial charge >= 0.3 is 0 Å². The van der Waals surface area contributed by atoms with Gasteiger partial charge in [0.1, 0.15) is 5.76 Å². The Morgan fingerprint density at radius 1 is 1.39 bits per heavy atom. The maximum absolute atomic E-state index is 12.5. The van der Waals surface area contributed by atoms with Crippen LogP contribution in [0.2, 0.25) is 0 Å². The molecule has 126 valence electrons. The van der Waals surface area contributed by atoms with Crippen LogP contribution in [-0.4, -0.2) is 33.8 Å². The summed E-state index contributed by atoms with van der Waals surface area (Å²) >= 11 is 1.89. The van der Waals surface area contributed by atoms with Gasteiger partial charge in [-0.25, -0.2) is 0 Å². The van der Waals surface area contributed by atoms with Crippen LogP contribution < -0.4 is 0 Å². The first-order chi connectivity index (χ1) is 11.0. The molecule has 0 atom stereocenters. The van der Waals surface area contributed by atoms with Crippen LogP contribution in [0.25, 0.3) is 0 Å². The molecule has 0 aliphatic rings. The van der Waals surface area contributed by atoms with Crippen molar-refractivity contribution in [2.45, 2.75) is 45.9 Å². The van der Waals surface area contributed by atoms with E-state index in [1.807, 2.05) is 31.7 Å². The summed E-state index contributed by atoms with van der Waals surface area (Å²) in [4.78, 5) is 14.2. The highest BCUT2D eigenvalue weighted by Crippen LogP contribution is 2.22. The van der Waals surface area contributed by atoms with Crippen molar-refractivity contribution in [1.82, 2.24) is 15.1 Å². The number of unbranched alkanes of at least 4 members (excludes halogenated alkanes) is 1. The number of hydrogen-bond donors (Lipinski definition) is 1. The molecule has 2 aromatic heterocycles. The van der Waals surface area contributed by atoms with Gasteiger partial charge in [-0.1, -0.05) is 13.3 Å². The third-order valence-electron chi connectivity index (χ3n) is 3.82. The summed E-state index contributed by atoms with van der Waals surface area (Å²) < 4.78 is 5.68. The van der Waals surface area contributed by atoms with Crippen LogP contribution in [0.1, 0.15) is 52.9 Å². The van der Waals surface area contributed by atoms with Gasteiger partial charge in [-0.3, -0.25) is 9.89 Å². The first-order valence-corrected chi connectivity index (χ1v) is 9.09. The molecule has 5 nitrogen and oxygen atoms in total. The molecular weight excluding hydrogens is 310 g/mol. The van der Waals surface area contributed by atoms with Crippen LogP contribution in [-0.2, 0) is 12.3 Å². The maximum Gasteiger partial charge on any atom is 0.289 e. The summed E-state index contributed by atoms with van der Waals surface area (Å²) in [7, 11) is 1.78. The van der Waals surface area contributed by atoms with E-state index in [2.05, 4.69) is 17.1 Å². The molecule has 0 saturated carbocycles. The van der Waals surface area contributed by atoms with E-state index in [-0.39, 0.29) is 5.91 Å². The number of carbonyl (C=O) groups is 1. The Bertz CT molecular complexity index is 648. The lowest BCUT2D eigenvalue weighted by molar-refractivity contribution is 0.0752. The van der Waals surface area contributed by atoms with E-state index in [1.54, 1.807) is 18.1 Å². The number of thioether (sulfide) groups is 1. The van der Waals surface area contributed by atoms with Crippen molar-refractivity contribution >= 4 is 17.7 Å². The zero-order valence-electron chi connectivity index (χ0n) is 14.3. The first-order valence-electron chi connectivity index (χ1n) is 7.94. The van der Waals surface area contributed by atoms with Gasteiger partial charge in [0.2, 0.25) is 0 Å². The van der Waals surface area contributed by atoms with Gasteiger partial charge in [0.25, 0.3) is 5.91 Å². The lowest BCUT2D eigenvalue weighted by Gasteiger charge is -2.15. The fourth-order valence-electron chi connectivity index (χ4n) is 2.25. The molecule has 6 heteroatoms. The second kappa shape index (κ2) is 8.24. The molecule has 0 spiro atoms. The molecule has 0 bridgehead atoms. The first kappa shape index (κ1) is 17.7. The second-order valence-corrected chi connectivity index (χ2v) is 6.88. The van der Waals surface area contributed by atoms with Gasteiger partial charge in [0.15, 0.2) is 5.76 Å². The molecule has 0 unspecified atom stereocenters. The third-order valence-corrected chi connectivity index (χ3v) is 4.91. The molecule has 0 radical (unpaired) electrons. The molecule has 2 heterocycles. The molecule has 0 aliphatic heterocycles. The number of nitrogens with zero attached hydrogens (tertiary/aromatic N) is 2. The summed E-state index contributed by atoms with van der Waals surface area (Å²) in [6, 6.07) is 1.88. The van der Waals surface area contributed by atoms with Crippen LogP contribution in [0.4, 0.5) is 0 Å². The van der Waals surface area contributed by atoms with E-state index >= 15 is 0 Å². The lowest BCUT2D eigenvalue weighted by Crippen LogP contribution is -2.25. The summed E-state index contributed by atoms with van der Waals surface area (Å²) in [5.41, 5.74) is 3.11. The minimum Gasteiger partial charge on any atom is -0.456 e. The Labute approximate surface area is 141 Å². The highest BCUT2D eigenvalue weighted by molar-refractivity contribution is 7.98. The average molecular weight is 335 g/mol. The summed E-state index contributed by atoms with van der Waals surface area (Å²) in [6.07, 6.45) is 4.18. The number of furan rings is 1. The zero-order chi connectivity index (χ0) is 16.8. The van der Waals surface area contributed by atoms with Crippen LogP contribution in [0.5, 0.6) is 0 Å².